The van der Waals surface area contributed by atoms with Crippen LogP contribution >= 0.6 is 46.1 Å². The highest BCUT2D eigenvalue weighted by atomic mass is 35.5. The zero-order valence-electron chi connectivity index (χ0n) is 17.7. The van der Waals surface area contributed by atoms with Gasteiger partial charge in [-0.2, -0.15) is 0 Å². The molecule has 0 bridgehead atoms. The van der Waals surface area contributed by atoms with E-state index in [-0.39, 0.29) is 50.8 Å². The van der Waals surface area contributed by atoms with Crippen molar-refractivity contribution in [1.29, 1.82) is 0 Å². The largest absolute Gasteiger partial charge is 0.477 e. The number of nitrogens with zero attached hydrogens (tertiary/aromatic N) is 2. The number of carbonyl (C=O) groups excluding carboxylic acids is 1. The third kappa shape index (κ3) is 4.15. The van der Waals surface area contributed by atoms with Crippen molar-refractivity contribution in [3.8, 4) is 0 Å². The molecule has 7 nitrogen and oxygen atoms in total. The van der Waals surface area contributed by atoms with Gasteiger partial charge in [0.2, 0.25) is 0 Å². The number of piperidine rings is 1. The van der Waals surface area contributed by atoms with Gasteiger partial charge in [0.25, 0.3) is 5.91 Å². The first-order valence-electron chi connectivity index (χ1n) is 10.4. The quantitative estimate of drug-likeness (QED) is 0.405. The van der Waals surface area contributed by atoms with Crippen molar-refractivity contribution in [3.63, 3.8) is 0 Å². The number of fused-ring (bicyclic) bond motifs is 1. The molecule has 1 aromatic carbocycles. The number of hydrogen-bond donors (Lipinski definition) is 3. The maximum Gasteiger partial charge on any atom is 0.347 e. The Morgan fingerprint density at radius 2 is 1.97 bits per heavy atom. The Hall–Kier alpha value is -2.33. The lowest BCUT2D eigenvalue weighted by molar-refractivity contribution is 0.0700. The molecule has 12 heteroatoms. The Morgan fingerprint density at radius 1 is 1.26 bits per heavy atom. The number of thiazole rings is 1. The van der Waals surface area contributed by atoms with E-state index >= 15 is 0 Å². The lowest BCUT2D eigenvalue weighted by Gasteiger charge is -2.19. The summed E-state index contributed by atoms with van der Waals surface area (Å²) in [5.74, 6) is -1.35. The molecule has 0 spiro atoms. The van der Waals surface area contributed by atoms with Gasteiger partial charge in [-0.15, -0.1) is 0 Å². The number of halogens is 4. The number of carbonyl (C=O) groups is 2. The molecule has 0 unspecified atom stereocenters. The number of aromatic carboxylic acids is 1. The summed E-state index contributed by atoms with van der Waals surface area (Å²) < 4.78 is 13.3. The standard InChI is InChI=1S/C22H18Cl3FN4O3S/c1-8-15(24)16(25)18(27-8)20(31)29-17-11-6-30(7-12(11)17)22-28-14(19(34-22)21(32)33)4-9-2-3-10(26)5-13(9)23/h2-3,5,11-12,17,27H,4,6-7H2,1H3,(H,29,31)(H,32,33)/t11-,12+,17-. The number of nitrogens with one attached hydrogen (secondary N) is 2. The van der Waals surface area contributed by atoms with E-state index in [1.54, 1.807) is 6.92 Å². The average molecular weight is 544 g/mol. The first kappa shape index (κ1) is 23.4. The normalized spacial score (nSPS) is 21.0. The summed E-state index contributed by atoms with van der Waals surface area (Å²) in [7, 11) is 0. The van der Waals surface area contributed by atoms with Crippen LogP contribution in [0.4, 0.5) is 9.52 Å². The minimum atomic E-state index is -1.07. The number of anilines is 1. The molecule has 0 radical (unpaired) electrons. The van der Waals surface area contributed by atoms with Crippen molar-refractivity contribution in [3.05, 3.63) is 66.6 Å². The number of carboxylic acids is 1. The molecule has 1 saturated heterocycles. The van der Waals surface area contributed by atoms with Crippen LogP contribution in [-0.2, 0) is 6.42 Å². The molecule has 3 atom stereocenters. The summed E-state index contributed by atoms with van der Waals surface area (Å²) in [6, 6.07) is 4.03. The van der Waals surface area contributed by atoms with Gasteiger partial charge in [0.1, 0.15) is 16.4 Å². The van der Waals surface area contributed by atoms with E-state index in [4.69, 9.17) is 34.8 Å². The molecular weight excluding hydrogens is 526 g/mol. The van der Waals surface area contributed by atoms with Gasteiger partial charge >= 0.3 is 5.97 Å². The third-order valence-electron chi connectivity index (χ3n) is 6.30. The highest BCUT2D eigenvalue weighted by Crippen LogP contribution is 2.48. The van der Waals surface area contributed by atoms with Gasteiger partial charge in [0.05, 0.1) is 15.7 Å². The Bertz CT molecular complexity index is 1310. The molecule has 1 amide bonds. The minimum absolute atomic E-state index is 0.0126. The number of benzene rings is 1. The van der Waals surface area contributed by atoms with Crippen molar-refractivity contribution in [2.24, 2.45) is 11.8 Å². The summed E-state index contributed by atoms with van der Waals surface area (Å²) in [6.45, 7) is 3.04. The summed E-state index contributed by atoms with van der Waals surface area (Å²) in [6.07, 6.45) is 0.190. The second-order valence-electron chi connectivity index (χ2n) is 8.47. The zero-order chi connectivity index (χ0) is 24.3. The fourth-order valence-corrected chi connectivity index (χ4v) is 6.05. The van der Waals surface area contributed by atoms with Crippen LogP contribution in [0.25, 0.3) is 0 Å². The number of rotatable bonds is 6. The van der Waals surface area contributed by atoms with Crippen LogP contribution in [0, 0.1) is 24.6 Å². The number of hydrogen-bond acceptors (Lipinski definition) is 5. The molecule has 1 saturated carbocycles. The van der Waals surface area contributed by atoms with E-state index in [2.05, 4.69) is 15.3 Å². The topological polar surface area (TPSA) is 98.3 Å². The van der Waals surface area contributed by atoms with Gasteiger partial charge in [0, 0.05) is 48.1 Å². The third-order valence-corrected chi connectivity index (χ3v) is 8.74. The van der Waals surface area contributed by atoms with Crippen molar-refractivity contribution in [1.82, 2.24) is 15.3 Å². The minimum Gasteiger partial charge on any atom is -0.477 e. The molecule has 2 fully saturated rings. The van der Waals surface area contributed by atoms with E-state index < -0.39 is 11.8 Å². The van der Waals surface area contributed by atoms with Crippen LogP contribution < -0.4 is 10.2 Å². The smallest absolute Gasteiger partial charge is 0.347 e. The summed E-state index contributed by atoms with van der Waals surface area (Å²) >= 11 is 19.4. The highest BCUT2D eigenvalue weighted by Gasteiger charge is 2.57. The Balaban J connectivity index is 1.26. The molecule has 1 aliphatic carbocycles. The highest BCUT2D eigenvalue weighted by molar-refractivity contribution is 7.17. The number of aromatic amines is 1. The van der Waals surface area contributed by atoms with Crippen LogP contribution in [0.1, 0.15) is 37.1 Å². The van der Waals surface area contributed by atoms with Crippen molar-refractivity contribution in [2.75, 3.05) is 18.0 Å². The van der Waals surface area contributed by atoms with E-state index in [9.17, 15) is 19.1 Å². The number of aromatic nitrogens is 2. The lowest BCUT2D eigenvalue weighted by Crippen LogP contribution is -2.34. The molecule has 2 aromatic heterocycles. The number of aryl methyl sites for hydroxylation is 1. The van der Waals surface area contributed by atoms with E-state index in [0.717, 1.165) is 11.3 Å². The molecule has 3 aromatic rings. The molecule has 2 aliphatic rings. The van der Waals surface area contributed by atoms with Gasteiger partial charge in [-0.25, -0.2) is 14.2 Å². The van der Waals surface area contributed by atoms with Crippen LogP contribution in [0.15, 0.2) is 18.2 Å². The zero-order valence-corrected chi connectivity index (χ0v) is 20.7. The summed E-state index contributed by atoms with van der Waals surface area (Å²) in [5, 5.41) is 14.0. The molecular formula is C22H18Cl3FN4O3S. The first-order valence-corrected chi connectivity index (χ1v) is 12.4. The average Bonchev–Trinajstić information content (AvgIpc) is 3.15. The number of H-pyrrole nitrogens is 1. The van der Waals surface area contributed by atoms with Crippen molar-refractivity contribution < 1.29 is 19.1 Å². The predicted octanol–water partition coefficient (Wildman–Crippen LogP) is 5.03. The fourth-order valence-electron chi connectivity index (χ4n) is 4.46. The Morgan fingerprint density at radius 3 is 2.56 bits per heavy atom. The lowest BCUT2D eigenvalue weighted by atomic mass is 10.1. The van der Waals surface area contributed by atoms with Crippen LogP contribution in [-0.4, -0.2) is 46.1 Å². The van der Waals surface area contributed by atoms with Gasteiger partial charge in [0.15, 0.2) is 5.13 Å². The summed E-state index contributed by atoms with van der Waals surface area (Å²) in [5.41, 5.74) is 1.88. The van der Waals surface area contributed by atoms with Crippen LogP contribution in [0.2, 0.25) is 15.1 Å². The second kappa shape index (κ2) is 8.71. The summed E-state index contributed by atoms with van der Waals surface area (Å²) in [4.78, 5) is 34.1. The predicted molar refractivity (Wildman–Crippen MR) is 129 cm³/mol. The Labute approximate surface area is 212 Å². The SMILES string of the molecule is Cc1[nH]c(C(=O)N[C@@H]2[C@@H]3CN(c4nc(Cc5ccc(F)cc5Cl)c(C(=O)O)s4)C[C@@H]32)c(Cl)c1Cl. The van der Waals surface area contributed by atoms with Crippen LogP contribution in [0.3, 0.4) is 0 Å². The van der Waals surface area contributed by atoms with E-state index in [1.807, 2.05) is 4.90 Å². The second-order valence-corrected chi connectivity index (χ2v) is 10.6. The molecule has 1 aliphatic heterocycles. The number of amides is 1. The Kier molecular flexibility index (Phi) is 6.00. The maximum atomic E-state index is 13.3. The first-order chi connectivity index (χ1) is 16.1. The monoisotopic (exact) mass is 542 g/mol. The van der Waals surface area contributed by atoms with Gasteiger partial charge in [-0.1, -0.05) is 52.2 Å². The molecule has 3 heterocycles. The van der Waals surface area contributed by atoms with Crippen molar-refractivity contribution >= 4 is 63.1 Å². The van der Waals surface area contributed by atoms with Gasteiger partial charge in [-0.3, -0.25) is 4.79 Å². The van der Waals surface area contributed by atoms with E-state index in [1.165, 1.54) is 18.2 Å². The van der Waals surface area contributed by atoms with Gasteiger partial charge in [-0.05, 0) is 24.6 Å². The number of carboxylic acid groups (broad SMARTS) is 1. The van der Waals surface area contributed by atoms with Crippen LogP contribution in [0.5, 0.6) is 0 Å². The van der Waals surface area contributed by atoms with Crippen molar-refractivity contribution in [2.45, 2.75) is 19.4 Å². The van der Waals surface area contributed by atoms with Gasteiger partial charge < -0.3 is 20.3 Å². The molecule has 34 heavy (non-hydrogen) atoms. The molecule has 3 N–H and O–H groups in total. The van der Waals surface area contributed by atoms with E-state index in [0.29, 0.717) is 40.2 Å². The fraction of sp³-hybridized carbons (Fsp3) is 0.318. The maximum absolute atomic E-state index is 13.3. The molecule has 178 valence electrons. The molecule has 5 rings (SSSR count).